The Morgan fingerprint density at radius 1 is 1.15 bits per heavy atom. The van der Waals surface area contributed by atoms with E-state index >= 15 is 0 Å². The van der Waals surface area contributed by atoms with Gasteiger partial charge in [0.2, 0.25) is 5.91 Å². The molecule has 8 nitrogen and oxygen atoms in total. The Kier molecular flexibility index (Phi) is 2.46. The second-order valence-corrected chi connectivity index (χ2v) is 4.28. The predicted molar refractivity (Wildman–Crippen MR) is 63.4 cm³/mol. The van der Waals surface area contributed by atoms with Crippen molar-refractivity contribution in [2.75, 3.05) is 13.1 Å². The van der Waals surface area contributed by atoms with E-state index < -0.39 is 36.8 Å². The number of benzene rings is 1. The van der Waals surface area contributed by atoms with Gasteiger partial charge in [0.25, 0.3) is 11.8 Å². The zero-order valence-corrected chi connectivity index (χ0v) is 10.0. The number of amides is 3. The summed E-state index contributed by atoms with van der Waals surface area (Å²) in [5.41, 5.74) is 0.945. The maximum absolute atomic E-state index is 12.1. The molecule has 0 radical (unpaired) electrons. The van der Waals surface area contributed by atoms with Gasteiger partial charge in [-0.15, -0.1) is 0 Å². The van der Waals surface area contributed by atoms with E-state index in [4.69, 9.17) is 9.52 Å². The van der Waals surface area contributed by atoms with Crippen molar-refractivity contribution in [3.05, 3.63) is 23.3 Å². The van der Waals surface area contributed by atoms with Gasteiger partial charge in [0, 0.05) is 0 Å². The summed E-state index contributed by atoms with van der Waals surface area (Å²) >= 11 is 0. The highest BCUT2D eigenvalue weighted by molar-refractivity contribution is 6.28. The zero-order valence-electron chi connectivity index (χ0n) is 10.0. The third kappa shape index (κ3) is 1.62. The normalized spacial score (nSPS) is 14.1. The topological polar surface area (TPSA) is 117 Å². The lowest BCUT2D eigenvalue weighted by Crippen LogP contribution is -2.41. The fraction of sp³-hybridized carbons (Fsp3) is 0.167. The van der Waals surface area contributed by atoms with Crippen LogP contribution in [0.2, 0.25) is 0 Å². The zero-order chi connectivity index (χ0) is 14.4. The molecule has 3 heterocycles. The number of nitrogens with zero attached hydrogens (tertiary/aromatic N) is 1. The van der Waals surface area contributed by atoms with Crippen molar-refractivity contribution >= 4 is 34.9 Å². The molecule has 0 saturated heterocycles. The highest BCUT2D eigenvalue weighted by Gasteiger charge is 2.42. The number of nitrogens with one attached hydrogen (secondary N) is 1. The fourth-order valence-corrected chi connectivity index (χ4v) is 2.16. The van der Waals surface area contributed by atoms with Crippen LogP contribution in [-0.4, -0.2) is 46.8 Å². The lowest BCUT2D eigenvalue weighted by Gasteiger charge is -2.13. The quantitative estimate of drug-likeness (QED) is 0.738. The number of fused-ring (bicyclic) bond motifs is 5. The third-order valence-electron chi connectivity index (χ3n) is 3.01. The summed E-state index contributed by atoms with van der Waals surface area (Å²) in [5.74, 6) is -3.14. The first-order valence-electron chi connectivity index (χ1n) is 5.68. The average molecular weight is 276 g/mol. The van der Waals surface area contributed by atoms with E-state index in [-0.39, 0.29) is 11.1 Å². The van der Waals surface area contributed by atoms with Crippen LogP contribution in [0.1, 0.15) is 20.7 Å². The summed E-state index contributed by atoms with van der Waals surface area (Å²) in [4.78, 5) is 46.7. The fourth-order valence-electron chi connectivity index (χ4n) is 2.16. The van der Waals surface area contributed by atoms with E-state index in [9.17, 15) is 19.2 Å². The number of hydrogen-bond acceptors (Lipinski definition) is 5. The Hall–Kier alpha value is -2.90. The molecule has 2 aromatic heterocycles. The van der Waals surface area contributed by atoms with Gasteiger partial charge >= 0.3 is 5.97 Å². The molecule has 0 unspecified atom stereocenters. The molecule has 1 aliphatic rings. The molecule has 2 N–H and O–H groups in total. The smallest absolute Gasteiger partial charge is 0.322 e. The molecule has 0 atom stereocenters. The van der Waals surface area contributed by atoms with Crippen molar-refractivity contribution in [3.63, 3.8) is 0 Å². The molecular formula is C12H8N2O6. The summed E-state index contributed by atoms with van der Waals surface area (Å²) in [5, 5.41) is 10.5. The van der Waals surface area contributed by atoms with Crippen molar-refractivity contribution in [1.29, 1.82) is 0 Å². The molecule has 0 aliphatic carbocycles. The van der Waals surface area contributed by atoms with E-state index in [1.54, 1.807) is 12.1 Å². The summed E-state index contributed by atoms with van der Waals surface area (Å²) in [6, 6.07) is 3.15. The maximum Gasteiger partial charge on any atom is 0.322 e. The van der Waals surface area contributed by atoms with Crippen molar-refractivity contribution in [1.82, 2.24) is 10.2 Å². The summed E-state index contributed by atoms with van der Waals surface area (Å²) in [7, 11) is 0. The first kappa shape index (κ1) is 12.2. The van der Waals surface area contributed by atoms with Gasteiger partial charge in [-0.25, -0.2) is 0 Å². The van der Waals surface area contributed by atoms with E-state index in [1.807, 2.05) is 0 Å². The van der Waals surface area contributed by atoms with Gasteiger partial charge in [0.15, 0.2) is 0 Å². The van der Waals surface area contributed by atoms with Gasteiger partial charge in [-0.2, -0.15) is 0 Å². The van der Waals surface area contributed by atoms with Crippen LogP contribution in [0.4, 0.5) is 0 Å². The van der Waals surface area contributed by atoms with Crippen LogP contribution >= 0.6 is 0 Å². The number of furan rings is 2. The monoisotopic (exact) mass is 276 g/mol. The molecule has 0 saturated carbocycles. The largest absolute Gasteiger partial charge is 0.480 e. The Labute approximate surface area is 111 Å². The minimum atomic E-state index is -1.21. The first-order valence-corrected chi connectivity index (χ1v) is 5.68. The van der Waals surface area contributed by atoms with Gasteiger partial charge in [-0.3, -0.25) is 24.1 Å². The highest BCUT2D eigenvalue weighted by atomic mass is 16.4. The van der Waals surface area contributed by atoms with Crippen molar-refractivity contribution in [2.24, 2.45) is 0 Å². The van der Waals surface area contributed by atoms with Gasteiger partial charge in [0.05, 0.1) is 11.1 Å². The molecule has 0 spiro atoms. The summed E-state index contributed by atoms with van der Waals surface area (Å²) < 4.78 is 5.21. The number of rotatable bonds is 4. The number of carboxylic acids is 1. The van der Waals surface area contributed by atoms with Crippen molar-refractivity contribution in [2.45, 2.75) is 0 Å². The van der Waals surface area contributed by atoms with Crippen molar-refractivity contribution < 1.29 is 28.7 Å². The second-order valence-electron chi connectivity index (χ2n) is 4.28. The van der Waals surface area contributed by atoms with Crippen LogP contribution in [0.15, 0.2) is 16.5 Å². The van der Waals surface area contributed by atoms with Crippen LogP contribution in [0.5, 0.6) is 0 Å². The molecular weight excluding hydrogens is 268 g/mol. The minimum absolute atomic E-state index is 0.165. The number of carboxylic acid groups (broad SMARTS) is 1. The van der Waals surface area contributed by atoms with Crippen molar-refractivity contribution in [3.8, 4) is 0 Å². The molecule has 3 rings (SSSR count). The SMILES string of the molecule is O=C(O)CNC(=O)CN1C(=O)c2c(c3ccc2o3)C1=O. The Morgan fingerprint density at radius 2 is 1.70 bits per heavy atom. The molecule has 0 fully saturated rings. The lowest BCUT2D eigenvalue weighted by molar-refractivity contribution is -0.137. The number of hydrogen-bond donors (Lipinski definition) is 2. The molecule has 8 heteroatoms. The van der Waals surface area contributed by atoms with E-state index in [0.717, 1.165) is 4.90 Å². The van der Waals surface area contributed by atoms with E-state index in [0.29, 0.717) is 11.2 Å². The molecule has 102 valence electrons. The number of carbonyl (C=O) groups is 4. The standard InChI is InChI=1S/C12H8N2O6/c15-7(13-3-8(16)17)4-14-11(18)9-5-1-2-6(20-5)10(9)12(14)19/h1-2H,3-4H2,(H,13,15)(H,16,17). The molecule has 20 heavy (non-hydrogen) atoms. The Balaban J connectivity index is 1.79. The minimum Gasteiger partial charge on any atom is -0.480 e. The van der Waals surface area contributed by atoms with E-state index in [1.165, 1.54) is 0 Å². The number of aliphatic carboxylic acids is 1. The Bertz CT molecular complexity index is 701. The molecule has 1 aliphatic heterocycles. The van der Waals surface area contributed by atoms with Crippen LogP contribution in [0, 0.1) is 0 Å². The molecule has 2 bridgehead atoms. The molecule has 2 aromatic rings. The first-order chi connectivity index (χ1) is 9.49. The number of imide groups is 1. The predicted octanol–water partition coefficient (Wildman–Crippen LogP) is -0.333. The summed E-state index contributed by atoms with van der Waals surface area (Å²) in [6.07, 6.45) is 0. The highest BCUT2D eigenvalue weighted by Crippen LogP contribution is 2.35. The Morgan fingerprint density at radius 3 is 2.20 bits per heavy atom. The van der Waals surface area contributed by atoms with Gasteiger partial charge < -0.3 is 14.8 Å². The van der Waals surface area contributed by atoms with Crippen LogP contribution in [0.3, 0.4) is 0 Å². The average Bonchev–Trinajstić information content (AvgIpc) is 3.06. The summed E-state index contributed by atoms with van der Waals surface area (Å²) in [6.45, 7) is -1.08. The second kappa shape index (κ2) is 4.05. The molecule has 0 aromatic carbocycles. The van der Waals surface area contributed by atoms with Crippen LogP contribution in [0.25, 0.3) is 11.2 Å². The van der Waals surface area contributed by atoms with Crippen LogP contribution in [-0.2, 0) is 9.59 Å². The molecule has 3 amide bonds. The third-order valence-corrected chi connectivity index (χ3v) is 3.01. The van der Waals surface area contributed by atoms with Gasteiger partial charge in [-0.05, 0) is 12.1 Å². The lowest BCUT2D eigenvalue weighted by atomic mass is 10.1. The van der Waals surface area contributed by atoms with Crippen LogP contribution < -0.4 is 5.32 Å². The van der Waals surface area contributed by atoms with Gasteiger partial charge in [-0.1, -0.05) is 0 Å². The maximum atomic E-state index is 12.1. The van der Waals surface area contributed by atoms with E-state index in [2.05, 4.69) is 5.32 Å². The van der Waals surface area contributed by atoms with Gasteiger partial charge in [0.1, 0.15) is 24.3 Å². The number of carbonyl (C=O) groups excluding carboxylic acids is 3.